The highest BCUT2D eigenvalue weighted by atomic mass is 19.4. The molecule has 16 heteroatoms. The van der Waals surface area contributed by atoms with E-state index in [0.717, 1.165) is 0 Å². The summed E-state index contributed by atoms with van der Waals surface area (Å²) in [7, 11) is -1.10. The quantitative estimate of drug-likeness (QED) is 0.468. The Kier molecular flexibility index (Phi) is 5.73. The SMILES string of the molecule is COC(OC)(C(F)(F)C(F)(F)C(F)(F)F)C(F)(F)C(F)(F)C(F)(F)F. The van der Waals surface area contributed by atoms with Crippen molar-refractivity contribution in [2.75, 3.05) is 14.2 Å². The fourth-order valence-corrected chi connectivity index (χ4v) is 1.56. The molecule has 0 aliphatic heterocycles. The molecule has 0 N–H and O–H groups in total. The van der Waals surface area contributed by atoms with Crippen molar-refractivity contribution in [2.24, 2.45) is 0 Å². The summed E-state index contributed by atoms with van der Waals surface area (Å²) >= 11 is 0. The minimum atomic E-state index is -7.54. The molecule has 0 saturated heterocycles. The van der Waals surface area contributed by atoms with Crippen molar-refractivity contribution >= 4 is 0 Å². The van der Waals surface area contributed by atoms with Gasteiger partial charge in [-0.2, -0.15) is 61.5 Å². The van der Waals surface area contributed by atoms with Gasteiger partial charge in [0.05, 0.1) is 0 Å². The van der Waals surface area contributed by atoms with E-state index in [9.17, 15) is 61.5 Å². The van der Waals surface area contributed by atoms with Gasteiger partial charge in [0.15, 0.2) is 0 Å². The maximum atomic E-state index is 13.5. The van der Waals surface area contributed by atoms with E-state index in [0.29, 0.717) is 0 Å². The first-order valence-electron chi connectivity index (χ1n) is 5.37. The molecule has 2 nitrogen and oxygen atoms in total. The maximum Gasteiger partial charge on any atom is 0.460 e. The van der Waals surface area contributed by atoms with Gasteiger partial charge in [-0.3, -0.25) is 0 Å². The predicted octanol–water partition coefficient (Wildman–Crippen LogP) is 4.64. The second-order valence-corrected chi connectivity index (χ2v) is 4.32. The van der Waals surface area contributed by atoms with Gasteiger partial charge in [-0.15, -0.1) is 0 Å². The average molecular weight is 412 g/mol. The summed E-state index contributed by atoms with van der Waals surface area (Å²) in [5.41, 5.74) is 0. The molecule has 25 heavy (non-hydrogen) atoms. The van der Waals surface area contributed by atoms with E-state index >= 15 is 0 Å². The van der Waals surface area contributed by atoms with Gasteiger partial charge in [-0.1, -0.05) is 0 Å². The van der Waals surface area contributed by atoms with Crippen LogP contribution in [0.1, 0.15) is 0 Å². The zero-order chi connectivity index (χ0) is 20.9. The van der Waals surface area contributed by atoms with Crippen LogP contribution in [0.15, 0.2) is 0 Å². The maximum absolute atomic E-state index is 13.5. The number of ether oxygens (including phenoxy) is 2. The van der Waals surface area contributed by atoms with Gasteiger partial charge in [0, 0.05) is 14.2 Å². The molecule has 0 bridgehead atoms. The third kappa shape index (κ3) is 2.90. The minimum absolute atomic E-state index is 0.551. The van der Waals surface area contributed by atoms with Gasteiger partial charge in [0.2, 0.25) is 0 Å². The Hall–Kier alpha value is -1.06. The lowest BCUT2D eigenvalue weighted by molar-refractivity contribution is -0.500. The van der Waals surface area contributed by atoms with Crippen molar-refractivity contribution in [1.82, 2.24) is 0 Å². The van der Waals surface area contributed by atoms with Crippen LogP contribution in [0, 0.1) is 0 Å². The van der Waals surface area contributed by atoms with Gasteiger partial charge in [0.1, 0.15) is 0 Å². The summed E-state index contributed by atoms with van der Waals surface area (Å²) in [6, 6.07) is 0. The largest absolute Gasteiger partial charge is 0.460 e. The van der Waals surface area contributed by atoms with E-state index in [1.807, 2.05) is 0 Å². The Morgan fingerprint density at radius 2 is 0.600 bits per heavy atom. The fraction of sp³-hybridized carbons (Fsp3) is 1.00. The van der Waals surface area contributed by atoms with Crippen molar-refractivity contribution in [2.45, 2.75) is 41.8 Å². The number of methoxy groups -OCH3 is 2. The first-order chi connectivity index (χ1) is 10.6. The number of hydrogen-bond donors (Lipinski definition) is 0. The molecule has 0 unspecified atom stereocenters. The standard InChI is InChI=1S/C9H6F14O2/c1-24-7(25-2,3(10,11)5(14,15)8(18,19)20)4(12,13)6(16,17)9(21,22)23/h1-2H3. The van der Waals surface area contributed by atoms with E-state index < -0.39 is 56.0 Å². The van der Waals surface area contributed by atoms with Gasteiger partial charge < -0.3 is 9.47 Å². The van der Waals surface area contributed by atoms with Crippen molar-refractivity contribution in [3.8, 4) is 0 Å². The molecule has 0 aromatic carbocycles. The zero-order valence-electron chi connectivity index (χ0n) is 11.6. The fourth-order valence-electron chi connectivity index (χ4n) is 1.56. The molecular weight excluding hydrogens is 406 g/mol. The van der Waals surface area contributed by atoms with Crippen LogP contribution in [0.4, 0.5) is 61.5 Å². The molecule has 0 aliphatic rings. The van der Waals surface area contributed by atoms with Crippen molar-refractivity contribution in [1.29, 1.82) is 0 Å². The molecule has 152 valence electrons. The lowest BCUT2D eigenvalue weighted by Gasteiger charge is -2.46. The second-order valence-electron chi connectivity index (χ2n) is 4.32. The van der Waals surface area contributed by atoms with E-state index in [2.05, 4.69) is 9.47 Å². The molecule has 0 heterocycles. The van der Waals surface area contributed by atoms with Crippen molar-refractivity contribution < 1.29 is 70.9 Å². The number of alkyl halides is 14. The topological polar surface area (TPSA) is 18.5 Å². The van der Waals surface area contributed by atoms with Crippen molar-refractivity contribution in [3.63, 3.8) is 0 Å². The highest BCUT2D eigenvalue weighted by Crippen LogP contribution is 2.61. The molecule has 0 aromatic rings. The average Bonchev–Trinajstić information content (AvgIpc) is 2.36. The Labute approximate surface area is 128 Å². The third-order valence-corrected chi connectivity index (χ3v) is 2.90. The minimum Gasteiger partial charge on any atom is -0.343 e. The first kappa shape index (κ1) is 23.9. The molecule has 0 amide bonds. The molecule has 0 atom stereocenters. The van der Waals surface area contributed by atoms with Crippen LogP contribution in [-0.2, 0) is 9.47 Å². The lowest BCUT2D eigenvalue weighted by Crippen LogP contribution is -2.77. The van der Waals surface area contributed by atoms with Crippen LogP contribution in [0.5, 0.6) is 0 Å². The smallest absolute Gasteiger partial charge is 0.343 e. The molecule has 0 fully saturated rings. The molecule has 0 aliphatic carbocycles. The Balaban J connectivity index is 6.83. The van der Waals surface area contributed by atoms with Crippen LogP contribution in [0.3, 0.4) is 0 Å². The normalized spacial score (nSPS) is 16.3. The van der Waals surface area contributed by atoms with Crippen LogP contribution in [-0.4, -0.2) is 56.0 Å². The second kappa shape index (κ2) is 5.99. The van der Waals surface area contributed by atoms with Gasteiger partial charge in [-0.05, 0) is 0 Å². The Morgan fingerprint density at radius 3 is 0.720 bits per heavy atom. The summed E-state index contributed by atoms with van der Waals surface area (Å²) in [5.74, 6) is -36.3. The van der Waals surface area contributed by atoms with Crippen LogP contribution in [0.25, 0.3) is 0 Å². The molecule has 0 radical (unpaired) electrons. The van der Waals surface area contributed by atoms with Crippen LogP contribution in [0.2, 0.25) is 0 Å². The van der Waals surface area contributed by atoms with E-state index in [1.165, 1.54) is 0 Å². The monoisotopic (exact) mass is 412 g/mol. The zero-order valence-corrected chi connectivity index (χ0v) is 11.6. The summed E-state index contributed by atoms with van der Waals surface area (Å²) in [5, 5.41) is 0. The van der Waals surface area contributed by atoms with Crippen LogP contribution >= 0.6 is 0 Å². The van der Waals surface area contributed by atoms with E-state index in [1.54, 1.807) is 0 Å². The van der Waals surface area contributed by atoms with E-state index in [-0.39, 0.29) is 0 Å². The summed E-state index contributed by atoms with van der Waals surface area (Å²) < 4.78 is 184. The number of halogens is 14. The van der Waals surface area contributed by atoms with E-state index in [4.69, 9.17) is 0 Å². The molecule has 0 rings (SSSR count). The number of hydrogen-bond acceptors (Lipinski definition) is 2. The molecular formula is C9H6F14O2. The Morgan fingerprint density at radius 1 is 0.400 bits per heavy atom. The third-order valence-electron chi connectivity index (χ3n) is 2.90. The summed E-state index contributed by atoms with van der Waals surface area (Å²) in [6.07, 6.45) is -14.7. The molecule has 0 aromatic heterocycles. The Bertz CT molecular complexity index is 432. The van der Waals surface area contributed by atoms with Gasteiger partial charge in [-0.25, -0.2) is 0 Å². The lowest BCUT2D eigenvalue weighted by atomic mass is 9.90. The highest BCUT2D eigenvalue weighted by Gasteiger charge is 2.93. The van der Waals surface area contributed by atoms with Crippen LogP contribution < -0.4 is 0 Å². The summed E-state index contributed by atoms with van der Waals surface area (Å²) in [4.78, 5) is 0. The number of rotatable bonds is 6. The predicted molar refractivity (Wildman–Crippen MR) is 48.6 cm³/mol. The highest BCUT2D eigenvalue weighted by molar-refractivity contribution is 5.12. The summed E-state index contributed by atoms with van der Waals surface area (Å²) in [6.45, 7) is 0. The van der Waals surface area contributed by atoms with Crippen molar-refractivity contribution in [3.05, 3.63) is 0 Å². The molecule has 0 saturated carbocycles. The molecule has 0 spiro atoms. The van der Waals surface area contributed by atoms with Gasteiger partial charge >= 0.3 is 41.8 Å². The van der Waals surface area contributed by atoms with Gasteiger partial charge in [0.25, 0.3) is 0 Å². The first-order valence-corrected chi connectivity index (χ1v) is 5.37.